The fraction of sp³-hybridized carbons (Fsp3) is 0.188. The van der Waals surface area contributed by atoms with E-state index in [0.29, 0.717) is 21.4 Å². The molecule has 0 aliphatic carbocycles. The molecular weight excluding hydrogens is 634 g/mol. The Morgan fingerprint density at radius 3 is 2.23 bits per heavy atom. The van der Waals surface area contributed by atoms with Crippen LogP contribution in [0.4, 0.5) is 11.4 Å². The number of hydrogen-bond donors (Lipinski definition) is 0. The van der Waals surface area contributed by atoms with E-state index in [4.69, 9.17) is 9.47 Å². The molecule has 2 amide bonds. The molecule has 0 aromatic heterocycles. The summed E-state index contributed by atoms with van der Waals surface area (Å²) in [7, 11) is 2.81. The van der Waals surface area contributed by atoms with Gasteiger partial charge in [-0.3, -0.25) is 29.3 Å². The number of imide groups is 1. The second-order valence-electron chi connectivity index (χ2n) is 10.4. The number of rotatable bonds is 8. The molecule has 2 saturated heterocycles. The minimum atomic E-state index is -1.16. The van der Waals surface area contributed by atoms with Gasteiger partial charge in [0.25, 0.3) is 5.69 Å². The Morgan fingerprint density at radius 2 is 1.57 bits per heavy atom. The first-order valence-corrected chi connectivity index (χ1v) is 14.3. The summed E-state index contributed by atoms with van der Waals surface area (Å²) in [6.07, 6.45) is 4.77. The lowest BCUT2D eigenvalue weighted by Crippen LogP contribution is -2.46. The number of Topliss-reactive ketones (excluding diaryl/α,β-unsaturated/α-hetero) is 2. The molecular formula is C32H24BrN3O8. The SMILES string of the molecule is COc1ccc(C(=O)[C@@H]2[C@@H]3C(=O)N(c4cc([N+](=O)[O-])ccc4OC)C(=O)[C@@H]3[C@H]3C=C(C(=O)c4ccccc4)C=CN32)cc1Br. The Labute approximate surface area is 259 Å². The third-order valence-electron chi connectivity index (χ3n) is 8.17. The number of benzene rings is 3. The first kappa shape index (κ1) is 29.0. The summed E-state index contributed by atoms with van der Waals surface area (Å²) >= 11 is 3.40. The number of ether oxygens (including phenoxy) is 2. The molecule has 3 aliphatic heterocycles. The molecule has 3 aliphatic rings. The standard InChI is InChI=1S/C32H24BrN3O8/c1-43-24-10-8-18(14-21(24)33)30(38)28-27-26(23-15-19(12-13-34(23)28)29(37)17-6-4-3-5-7-17)31(39)35(32(27)40)22-16-20(36(41)42)9-11-25(22)44-2/h3-16,23,26-28H,1-2H3/t23-,26-,27-,28+/m1/s1. The number of nitrogens with zero attached hydrogens (tertiary/aromatic N) is 3. The second-order valence-corrected chi connectivity index (χ2v) is 11.3. The van der Waals surface area contributed by atoms with Gasteiger partial charge < -0.3 is 14.4 Å². The molecule has 3 heterocycles. The molecule has 0 bridgehead atoms. The Balaban J connectivity index is 1.47. The minimum absolute atomic E-state index is 0.0788. The van der Waals surface area contributed by atoms with Crippen molar-refractivity contribution in [3.8, 4) is 11.5 Å². The number of anilines is 1. The average Bonchev–Trinajstić information content (AvgIpc) is 3.51. The van der Waals surface area contributed by atoms with Crippen molar-refractivity contribution in [3.05, 3.63) is 116 Å². The Kier molecular flexibility index (Phi) is 7.38. The van der Waals surface area contributed by atoms with Crippen molar-refractivity contribution in [2.45, 2.75) is 12.1 Å². The van der Waals surface area contributed by atoms with E-state index in [1.165, 1.54) is 26.4 Å². The van der Waals surface area contributed by atoms with Crippen LogP contribution in [-0.2, 0) is 9.59 Å². The van der Waals surface area contributed by atoms with Gasteiger partial charge in [0.2, 0.25) is 11.8 Å². The van der Waals surface area contributed by atoms with Crippen LogP contribution < -0.4 is 14.4 Å². The number of carbonyl (C=O) groups is 4. The fourth-order valence-electron chi connectivity index (χ4n) is 6.15. The monoisotopic (exact) mass is 657 g/mol. The molecule has 3 aromatic rings. The van der Waals surface area contributed by atoms with Crippen molar-refractivity contribution >= 4 is 50.7 Å². The Morgan fingerprint density at radius 1 is 0.886 bits per heavy atom. The van der Waals surface area contributed by atoms with E-state index in [0.717, 1.165) is 11.0 Å². The lowest BCUT2D eigenvalue weighted by Gasteiger charge is -2.33. The van der Waals surface area contributed by atoms with Crippen molar-refractivity contribution in [1.82, 2.24) is 4.90 Å². The highest BCUT2D eigenvalue weighted by atomic mass is 79.9. The first-order valence-electron chi connectivity index (χ1n) is 13.5. The van der Waals surface area contributed by atoms with Crippen LogP contribution >= 0.6 is 15.9 Å². The number of hydrogen-bond acceptors (Lipinski definition) is 9. The topological polar surface area (TPSA) is 136 Å². The molecule has 222 valence electrons. The summed E-state index contributed by atoms with van der Waals surface area (Å²) < 4.78 is 11.2. The van der Waals surface area contributed by atoms with Crippen LogP contribution in [-0.4, -0.2) is 59.5 Å². The highest BCUT2D eigenvalue weighted by molar-refractivity contribution is 9.10. The van der Waals surface area contributed by atoms with Gasteiger partial charge in [-0.05, 0) is 46.3 Å². The van der Waals surface area contributed by atoms with Crippen LogP contribution in [0.25, 0.3) is 0 Å². The van der Waals surface area contributed by atoms with Crippen molar-refractivity contribution in [1.29, 1.82) is 0 Å². The lowest BCUT2D eigenvalue weighted by molar-refractivity contribution is -0.384. The van der Waals surface area contributed by atoms with Gasteiger partial charge in [0.15, 0.2) is 11.6 Å². The van der Waals surface area contributed by atoms with Crippen molar-refractivity contribution in [2.75, 3.05) is 19.1 Å². The van der Waals surface area contributed by atoms with E-state index >= 15 is 0 Å². The molecule has 4 atom stereocenters. The van der Waals surface area contributed by atoms with Crippen LogP contribution in [0.3, 0.4) is 0 Å². The van der Waals surface area contributed by atoms with E-state index in [1.807, 2.05) is 0 Å². The quantitative estimate of drug-likeness (QED) is 0.145. The normalized spacial score (nSPS) is 21.9. The van der Waals surface area contributed by atoms with E-state index in [9.17, 15) is 29.3 Å². The number of amides is 2. The maximum atomic E-state index is 14.2. The van der Waals surface area contributed by atoms with Gasteiger partial charge in [-0.25, -0.2) is 4.90 Å². The number of carbonyl (C=O) groups excluding carboxylic acids is 4. The van der Waals surface area contributed by atoms with E-state index in [1.54, 1.807) is 71.8 Å². The Bertz CT molecular complexity index is 1800. The van der Waals surface area contributed by atoms with Gasteiger partial charge in [0.1, 0.15) is 23.2 Å². The summed E-state index contributed by atoms with van der Waals surface area (Å²) in [4.78, 5) is 69.4. The van der Waals surface area contributed by atoms with Crippen LogP contribution in [0.5, 0.6) is 11.5 Å². The highest BCUT2D eigenvalue weighted by Gasteiger charge is 2.64. The zero-order valence-corrected chi connectivity index (χ0v) is 25.0. The first-order chi connectivity index (χ1) is 21.2. The summed E-state index contributed by atoms with van der Waals surface area (Å²) in [6, 6.07) is 15.1. The van der Waals surface area contributed by atoms with Crippen molar-refractivity contribution < 1.29 is 33.6 Å². The largest absolute Gasteiger partial charge is 0.496 e. The molecule has 44 heavy (non-hydrogen) atoms. The lowest BCUT2D eigenvalue weighted by atomic mass is 9.85. The number of methoxy groups -OCH3 is 2. The average molecular weight is 658 g/mol. The third-order valence-corrected chi connectivity index (χ3v) is 8.79. The number of fused-ring (bicyclic) bond motifs is 3. The molecule has 2 fully saturated rings. The second kappa shape index (κ2) is 11.2. The zero-order chi connectivity index (χ0) is 31.3. The summed E-state index contributed by atoms with van der Waals surface area (Å²) in [6.45, 7) is 0. The van der Waals surface area contributed by atoms with Gasteiger partial charge in [-0.2, -0.15) is 0 Å². The van der Waals surface area contributed by atoms with Crippen LogP contribution in [0.15, 0.2) is 95.1 Å². The number of ketones is 2. The predicted octanol–water partition coefficient (Wildman–Crippen LogP) is 4.75. The molecule has 0 saturated carbocycles. The van der Waals surface area contributed by atoms with E-state index in [-0.39, 0.29) is 28.5 Å². The molecule has 0 radical (unpaired) electrons. The van der Waals surface area contributed by atoms with Crippen molar-refractivity contribution in [2.24, 2.45) is 11.8 Å². The molecule has 3 aromatic carbocycles. The van der Waals surface area contributed by atoms with Gasteiger partial charge >= 0.3 is 0 Å². The smallest absolute Gasteiger partial charge is 0.271 e. The molecule has 11 nitrogen and oxygen atoms in total. The van der Waals surface area contributed by atoms with Gasteiger partial charge in [-0.1, -0.05) is 36.4 Å². The Hall–Kier alpha value is -5.10. The summed E-state index contributed by atoms with van der Waals surface area (Å²) in [5, 5.41) is 11.6. The molecule has 0 spiro atoms. The van der Waals surface area contributed by atoms with Crippen LogP contribution in [0.2, 0.25) is 0 Å². The number of nitro benzene ring substituents is 1. The van der Waals surface area contributed by atoms with Gasteiger partial charge in [0, 0.05) is 35.0 Å². The number of halogens is 1. The van der Waals surface area contributed by atoms with Crippen LogP contribution in [0.1, 0.15) is 20.7 Å². The number of nitro groups is 1. The minimum Gasteiger partial charge on any atom is -0.496 e. The molecule has 12 heteroatoms. The fourth-order valence-corrected chi connectivity index (χ4v) is 6.69. The maximum Gasteiger partial charge on any atom is 0.271 e. The van der Waals surface area contributed by atoms with Gasteiger partial charge in [-0.15, -0.1) is 0 Å². The predicted molar refractivity (Wildman–Crippen MR) is 162 cm³/mol. The third kappa shape index (κ3) is 4.58. The number of allylic oxidation sites excluding steroid dienone is 2. The highest BCUT2D eigenvalue weighted by Crippen LogP contribution is 2.49. The summed E-state index contributed by atoms with van der Waals surface area (Å²) in [5.41, 5.74) is 0.596. The zero-order valence-electron chi connectivity index (χ0n) is 23.4. The maximum absolute atomic E-state index is 14.2. The molecule has 6 rings (SSSR count). The number of non-ortho nitro benzene ring substituents is 1. The van der Waals surface area contributed by atoms with Crippen molar-refractivity contribution in [3.63, 3.8) is 0 Å². The molecule has 0 unspecified atom stereocenters. The van der Waals surface area contributed by atoms with E-state index < -0.39 is 46.4 Å². The molecule has 0 N–H and O–H groups in total. The van der Waals surface area contributed by atoms with Crippen LogP contribution in [0, 0.1) is 22.0 Å². The van der Waals surface area contributed by atoms with Gasteiger partial charge in [0.05, 0.1) is 41.5 Å². The van der Waals surface area contributed by atoms with E-state index in [2.05, 4.69) is 15.9 Å². The summed E-state index contributed by atoms with van der Waals surface area (Å²) in [5.74, 6) is -3.69.